The van der Waals surface area contributed by atoms with Crippen molar-refractivity contribution < 1.29 is 0 Å². The summed E-state index contributed by atoms with van der Waals surface area (Å²) in [7, 11) is 0. The van der Waals surface area contributed by atoms with E-state index in [4.69, 9.17) is 0 Å². The Morgan fingerprint density at radius 3 is 2.76 bits per heavy atom. The summed E-state index contributed by atoms with van der Waals surface area (Å²) in [5.74, 6) is 0.844. The molecule has 0 aliphatic carbocycles. The molecule has 3 aliphatic heterocycles. The Morgan fingerprint density at radius 2 is 2.00 bits per heavy atom. The van der Waals surface area contributed by atoms with Gasteiger partial charge in [-0.2, -0.15) is 0 Å². The monoisotopic (exact) mass is 285 g/mol. The van der Waals surface area contributed by atoms with Crippen molar-refractivity contribution in [2.75, 3.05) is 26.2 Å². The van der Waals surface area contributed by atoms with Crippen LogP contribution in [0.4, 0.5) is 0 Å². The minimum atomic E-state index is 0.737. The highest BCUT2D eigenvalue weighted by molar-refractivity contribution is 5.10. The summed E-state index contributed by atoms with van der Waals surface area (Å²) in [5.41, 5.74) is 2.82. The number of rotatable bonds is 4. The van der Waals surface area contributed by atoms with Crippen LogP contribution in [0.2, 0.25) is 0 Å². The van der Waals surface area contributed by atoms with Crippen molar-refractivity contribution in [2.45, 2.75) is 39.3 Å². The lowest BCUT2D eigenvalue weighted by Crippen LogP contribution is -2.43. The summed E-state index contributed by atoms with van der Waals surface area (Å²) in [6.45, 7) is 10.4. The van der Waals surface area contributed by atoms with Gasteiger partial charge in [-0.3, -0.25) is 14.8 Å². The molecular weight excluding hydrogens is 258 g/mol. The maximum Gasteiger partial charge on any atom is 0.0271 e. The van der Waals surface area contributed by atoms with E-state index in [1.165, 1.54) is 43.6 Å². The number of hydrogen-bond acceptors (Lipinski definition) is 3. The van der Waals surface area contributed by atoms with Crippen LogP contribution in [0.15, 0.2) is 36.2 Å². The predicted molar refractivity (Wildman–Crippen MR) is 87.0 cm³/mol. The average molecular weight is 285 g/mol. The third-order valence-electron chi connectivity index (χ3n) is 4.79. The zero-order valence-electron chi connectivity index (χ0n) is 13.3. The first-order valence-electron chi connectivity index (χ1n) is 8.19. The normalized spacial score (nSPS) is 26.6. The van der Waals surface area contributed by atoms with E-state index in [0.717, 1.165) is 25.0 Å². The molecule has 0 aromatic carbocycles. The highest BCUT2D eigenvalue weighted by atomic mass is 15.3. The molecule has 4 rings (SSSR count). The molecule has 3 fully saturated rings. The highest BCUT2D eigenvalue weighted by Gasteiger charge is 2.33. The number of allylic oxidation sites excluding steroid dienone is 1. The van der Waals surface area contributed by atoms with E-state index in [1.54, 1.807) is 0 Å². The van der Waals surface area contributed by atoms with Crippen molar-refractivity contribution in [1.29, 1.82) is 0 Å². The SMILES string of the molecule is CC(C)=CCN1C[C@@H]2CC[C@H]1CN(Cc1ccncc1)C2. The van der Waals surface area contributed by atoms with Crippen LogP contribution in [-0.2, 0) is 6.54 Å². The fourth-order valence-electron chi connectivity index (χ4n) is 3.68. The first-order valence-corrected chi connectivity index (χ1v) is 8.19. The molecular formula is C18H27N3. The van der Waals surface area contributed by atoms with Gasteiger partial charge < -0.3 is 0 Å². The standard InChI is InChI=1S/C18H27N3/c1-15(2)7-10-21-13-17-3-4-18(21)14-20(12-17)11-16-5-8-19-9-6-16/h5-9,17-18H,3-4,10-14H2,1-2H3/t17-,18+/m1/s1. The lowest BCUT2D eigenvalue weighted by Gasteiger charge is -2.35. The zero-order chi connectivity index (χ0) is 14.7. The van der Waals surface area contributed by atoms with Crippen LogP contribution in [0.5, 0.6) is 0 Å². The van der Waals surface area contributed by atoms with Gasteiger partial charge in [0.05, 0.1) is 0 Å². The molecule has 0 saturated carbocycles. The molecule has 1 aromatic heterocycles. The second-order valence-corrected chi connectivity index (χ2v) is 6.88. The van der Waals surface area contributed by atoms with Crippen LogP contribution in [0.1, 0.15) is 32.3 Å². The number of pyridine rings is 1. The fraction of sp³-hybridized carbons (Fsp3) is 0.611. The maximum absolute atomic E-state index is 4.12. The lowest BCUT2D eigenvalue weighted by atomic mass is 9.95. The Morgan fingerprint density at radius 1 is 1.19 bits per heavy atom. The van der Waals surface area contributed by atoms with E-state index in [0.29, 0.717) is 0 Å². The van der Waals surface area contributed by atoms with Crippen molar-refractivity contribution in [3.63, 3.8) is 0 Å². The topological polar surface area (TPSA) is 19.4 Å². The molecule has 0 radical (unpaired) electrons. The molecule has 0 spiro atoms. The quantitative estimate of drug-likeness (QED) is 0.793. The molecule has 1 aromatic rings. The Bertz CT molecular complexity index is 478. The zero-order valence-corrected chi connectivity index (χ0v) is 13.3. The van der Waals surface area contributed by atoms with E-state index in [2.05, 4.69) is 46.8 Å². The van der Waals surface area contributed by atoms with Crippen molar-refractivity contribution >= 4 is 0 Å². The first-order chi connectivity index (χ1) is 10.2. The first kappa shape index (κ1) is 14.7. The molecule has 0 amide bonds. The summed E-state index contributed by atoms with van der Waals surface area (Å²) in [5, 5.41) is 0. The Hall–Kier alpha value is -1.19. The molecule has 0 unspecified atom stereocenters. The van der Waals surface area contributed by atoms with E-state index >= 15 is 0 Å². The summed E-state index contributed by atoms with van der Waals surface area (Å²) in [4.78, 5) is 9.47. The van der Waals surface area contributed by atoms with Gasteiger partial charge in [-0.1, -0.05) is 11.6 Å². The van der Waals surface area contributed by atoms with Gasteiger partial charge in [0.2, 0.25) is 0 Å². The van der Waals surface area contributed by atoms with Crippen LogP contribution >= 0.6 is 0 Å². The third-order valence-corrected chi connectivity index (χ3v) is 4.79. The van der Waals surface area contributed by atoms with Gasteiger partial charge >= 0.3 is 0 Å². The smallest absolute Gasteiger partial charge is 0.0271 e. The van der Waals surface area contributed by atoms with Gasteiger partial charge in [0.25, 0.3) is 0 Å². The highest BCUT2D eigenvalue weighted by Crippen LogP contribution is 2.28. The predicted octanol–water partition coefficient (Wildman–Crippen LogP) is 2.94. The van der Waals surface area contributed by atoms with Gasteiger partial charge in [-0.05, 0) is 50.3 Å². The fourth-order valence-corrected chi connectivity index (χ4v) is 3.68. The van der Waals surface area contributed by atoms with Gasteiger partial charge in [-0.25, -0.2) is 0 Å². The molecule has 3 saturated heterocycles. The third kappa shape index (κ3) is 3.92. The minimum Gasteiger partial charge on any atom is -0.297 e. The number of aromatic nitrogens is 1. The number of piperidine rings is 1. The number of fused-ring (bicyclic) bond motifs is 4. The molecule has 3 heteroatoms. The van der Waals surface area contributed by atoms with Gasteiger partial charge in [0.15, 0.2) is 0 Å². The Labute approximate surface area is 128 Å². The molecule has 2 atom stereocenters. The van der Waals surface area contributed by atoms with Gasteiger partial charge in [0, 0.05) is 51.2 Å². The van der Waals surface area contributed by atoms with Gasteiger partial charge in [0.1, 0.15) is 0 Å². The summed E-state index contributed by atoms with van der Waals surface area (Å²) >= 11 is 0. The molecule has 21 heavy (non-hydrogen) atoms. The second-order valence-electron chi connectivity index (χ2n) is 6.88. The van der Waals surface area contributed by atoms with Crippen LogP contribution in [0, 0.1) is 5.92 Å². The summed E-state index contributed by atoms with van der Waals surface area (Å²) in [6.07, 6.45) is 8.97. The Kier molecular flexibility index (Phi) is 4.71. The van der Waals surface area contributed by atoms with E-state index in [-0.39, 0.29) is 0 Å². The molecule has 4 heterocycles. The minimum absolute atomic E-state index is 0.737. The van der Waals surface area contributed by atoms with Crippen LogP contribution in [0.3, 0.4) is 0 Å². The van der Waals surface area contributed by atoms with Crippen LogP contribution in [0.25, 0.3) is 0 Å². The van der Waals surface area contributed by atoms with Crippen LogP contribution in [-0.4, -0.2) is 47.0 Å². The van der Waals surface area contributed by atoms with Crippen LogP contribution < -0.4 is 0 Å². The molecule has 3 aliphatic rings. The van der Waals surface area contributed by atoms with E-state index in [9.17, 15) is 0 Å². The lowest BCUT2D eigenvalue weighted by molar-refractivity contribution is 0.146. The summed E-state index contributed by atoms with van der Waals surface area (Å²) in [6, 6.07) is 5.03. The molecule has 2 bridgehead atoms. The van der Waals surface area contributed by atoms with Crippen molar-refractivity contribution in [1.82, 2.24) is 14.8 Å². The van der Waals surface area contributed by atoms with Crippen molar-refractivity contribution in [3.8, 4) is 0 Å². The Balaban J connectivity index is 1.64. The molecule has 3 nitrogen and oxygen atoms in total. The van der Waals surface area contributed by atoms with E-state index in [1.807, 2.05) is 12.4 Å². The average Bonchev–Trinajstić information content (AvgIpc) is 2.76. The maximum atomic E-state index is 4.12. The second kappa shape index (κ2) is 6.71. The van der Waals surface area contributed by atoms with E-state index < -0.39 is 0 Å². The van der Waals surface area contributed by atoms with Crippen molar-refractivity contribution in [3.05, 3.63) is 41.7 Å². The molecule has 0 N–H and O–H groups in total. The largest absolute Gasteiger partial charge is 0.297 e. The summed E-state index contributed by atoms with van der Waals surface area (Å²) < 4.78 is 0. The van der Waals surface area contributed by atoms with Gasteiger partial charge in [-0.15, -0.1) is 0 Å². The van der Waals surface area contributed by atoms with Crippen molar-refractivity contribution in [2.24, 2.45) is 5.92 Å². The molecule has 114 valence electrons. The number of hydrogen-bond donors (Lipinski definition) is 0. The number of nitrogens with zero attached hydrogens (tertiary/aromatic N) is 3.